The Balaban J connectivity index is 2.91. The fourth-order valence-electron chi connectivity index (χ4n) is 1.00. The Morgan fingerprint density at radius 1 is 1.62 bits per heavy atom. The number of hydrogen-bond donors (Lipinski definition) is 2. The summed E-state index contributed by atoms with van der Waals surface area (Å²) in [4.78, 5) is 1.68. The monoisotopic (exact) mass is 247 g/mol. The predicted octanol–water partition coefficient (Wildman–Crippen LogP) is 1.45. The normalized spacial score (nSPS) is 10.2. The molecule has 72 valence electrons. The van der Waals surface area contributed by atoms with Crippen LogP contribution in [0.1, 0.15) is 0 Å². The van der Waals surface area contributed by atoms with Gasteiger partial charge in [-0.15, -0.1) is 0 Å². The molecule has 1 rings (SSSR count). The van der Waals surface area contributed by atoms with Gasteiger partial charge in [0.15, 0.2) is 0 Å². The number of hydrogen-bond acceptors (Lipinski definition) is 3. The van der Waals surface area contributed by atoms with Crippen LogP contribution in [-0.2, 0) is 0 Å². The smallest absolute Gasteiger partial charge is 0.146 e. The number of benzene rings is 1. The van der Waals surface area contributed by atoms with Gasteiger partial charge in [-0.2, -0.15) is 0 Å². The molecule has 0 spiro atoms. The van der Waals surface area contributed by atoms with E-state index in [1.807, 2.05) is 0 Å². The molecule has 0 atom stereocenters. The third kappa shape index (κ3) is 2.65. The van der Waals surface area contributed by atoms with Crippen molar-refractivity contribution in [3.8, 4) is 0 Å². The van der Waals surface area contributed by atoms with Gasteiger partial charge < -0.3 is 4.90 Å². The fraction of sp³-hybridized carbons (Fsp3) is 0.250. The van der Waals surface area contributed by atoms with Gasteiger partial charge in [0.05, 0.1) is 12.4 Å². The lowest BCUT2D eigenvalue weighted by molar-refractivity contribution is 0.614. The Morgan fingerprint density at radius 3 is 2.92 bits per heavy atom. The van der Waals surface area contributed by atoms with Gasteiger partial charge in [-0.1, -0.05) is 15.9 Å². The van der Waals surface area contributed by atoms with Gasteiger partial charge in [-0.05, 0) is 18.2 Å². The molecule has 0 aliphatic carbocycles. The number of halogens is 2. The zero-order valence-corrected chi connectivity index (χ0v) is 8.81. The van der Waals surface area contributed by atoms with E-state index in [4.69, 9.17) is 5.84 Å². The van der Waals surface area contributed by atoms with Crippen molar-refractivity contribution < 1.29 is 4.39 Å². The molecular formula is C8H11BrFN3. The van der Waals surface area contributed by atoms with Crippen LogP contribution in [0.3, 0.4) is 0 Å². The second-order valence-corrected chi connectivity index (χ2v) is 3.57. The summed E-state index contributed by atoms with van der Waals surface area (Å²) in [5.74, 6) is 4.87. The highest BCUT2D eigenvalue weighted by Gasteiger charge is 2.06. The molecule has 1 aromatic rings. The van der Waals surface area contributed by atoms with Crippen LogP contribution < -0.4 is 16.2 Å². The van der Waals surface area contributed by atoms with E-state index in [0.29, 0.717) is 12.4 Å². The van der Waals surface area contributed by atoms with Gasteiger partial charge in [0.1, 0.15) is 5.82 Å². The molecule has 0 bridgehead atoms. The zero-order chi connectivity index (χ0) is 9.84. The highest BCUT2D eigenvalue weighted by molar-refractivity contribution is 9.10. The average molecular weight is 248 g/mol. The second kappa shape index (κ2) is 4.55. The third-order valence-corrected chi connectivity index (χ3v) is 2.14. The molecule has 0 unspecified atom stereocenters. The first kappa shape index (κ1) is 10.4. The van der Waals surface area contributed by atoms with Crippen molar-refractivity contribution >= 4 is 21.6 Å². The molecule has 0 heterocycles. The van der Waals surface area contributed by atoms with E-state index in [-0.39, 0.29) is 5.82 Å². The van der Waals surface area contributed by atoms with Crippen molar-refractivity contribution in [3.63, 3.8) is 0 Å². The molecule has 3 nitrogen and oxygen atoms in total. The van der Waals surface area contributed by atoms with Crippen molar-refractivity contribution in [2.75, 3.05) is 18.6 Å². The average Bonchev–Trinajstić information content (AvgIpc) is 2.09. The van der Waals surface area contributed by atoms with Crippen LogP contribution >= 0.6 is 15.9 Å². The van der Waals surface area contributed by atoms with Gasteiger partial charge in [0, 0.05) is 11.5 Å². The van der Waals surface area contributed by atoms with Crippen LogP contribution in [0.25, 0.3) is 0 Å². The predicted molar refractivity (Wildman–Crippen MR) is 54.7 cm³/mol. The van der Waals surface area contributed by atoms with Crippen LogP contribution in [0.4, 0.5) is 10.1 Å². The molecule has 1 aromatic carbocycles. The zero-order valence-electron chi connectivity index (χ0n) is 7.22. The number of hydrazine groups is 1. The summed E-state index contributed by atoms with van der Waals surface area (Å²) in [5, 5.41) is 0. The Hall–Kier alpha value is -0.650. The first-order valence-electron chi connectivity index (χ1n) is 3.75. The van der Waals surface area contributed by atoms with E-state index < -0.39 is 0 Å². The highest BCUT2D eigenvalue weighted by atomic mass is 79.9. The molecule has 0 aliphatic heterocycles. The number of nitrogens with one attached hydrogen (secondary N) is 1. The highest BCUT2D eigenvalue weighted by Crippen LogP contribution is 2.22. The number of nitrogens with zero attached hydrogens (tertiary/aromatic N) is 1. The number of rotatable bonds is 3. The second-order valence-electron chi connectivity index (χ2n) is 2.66. The van der Waals surface area contributed by atoms with Crippen molar-refractivity contribution in [2.24, 2.45) is 5.84 Å². The minimum absolute atomic E-state index is 0.263. The number of nitrogens with two attached hydrogens (primary N) is 1. The van der Waals surface area contributed by atoms with Crippen LogP contribution in [0.5, 0.6) is 0 Å². The molecule has 0 aliphatic rings. The van der Waals surface area contributed by atoms with E-state index in [2.05, 4.69) is 21.4 Å². The van der Waals surface area contributed by atoms with Crippen LogP contribution in [0.15, 0.2) is 22.7 Å². The quantitative estimate of drug-likeness (QED) is 0.483. The maximum atomic E-state index is 13.2. The van der Waals surface area contributed by atoms with Gasteiger partial charge in [-0.3, -0.25) is 5.84 Å². The molecule has 5 heteroatoms. The van der Waals surface area contributed by atoms with E-state index >= 15 is 0 Å². The van der Waals surface area contributed by atoms with E-state index in [1.54, 1.807) is 24.1 Å². The number of anilines is 1. The van der Waals surface area contributed by atoms with Crippen LogP contribution in [0, 0.1) is 5.82 Å². The fourth-order valence-corrected chi connectivity index (χ4v) is 1.35. The molecule has 0 saturated carbocycles. The van der Waals surface area contributed by atoms with Crippen molar-refractivity contribution in [3.05, 3.63) is 28.5 Å². The molecule has 0 amide bonds. The SMILES string of the molecule is CN(CNN)c1cc(Br)ccc1F. The standard InChI is InChI=1S/C8H11BrFN3/c1-13(5-12-11)8-4-6(9)2-3-7(8)10/h2-4,12H,5,11H2,1H3. The summed E-state index contributed by atoms with van der Waals surface area (Å²) < 4.78 is 14.1. The van der Waals surface area contributed by atoms with Gasteiger partial charge in [-0.25, -0.2) is 9.82 Å². The lowest BCUT2D eigenvalue weighted by atomic mass is 10.3. The maximum Gasteiger partial charge on any atom is 0.146 e. The Morgan fingerprint density at radius 2 is 2.31 bits per heavy atom. The molecule has 0 radical (unpaired) electrons. The van der Waals surface area contributed by atoms with Crippen molar-refractivity contribution in [2.45, 2.75) is 0 Å². The Kier molecular flexibility index (Phi) is 3.65. The largest absolute Gasteiger partial charge is 0.358 e. The van der Waals surface area contributed by atoms with Crippen LogP contribution in [0.2, 0.25) is 0 Å². The van der Waals surface area contributed by atoms with Crippen molar-refractivity contribution in [1.82, 2.24) is 5.43 Å². The molecule has 3 N–H and O–H groups in total. The summed E-state index contributed by atoms with van der Waals surface area (Å²) in [6.45, 7) is 0.396. The summed E-state index contributed by atoms with van der Waals surface area (Å²) >= 11 is 3.27. The molecule has 13 heavy (non-hydrogen) atoms. The van der Waals surface area contributed by atoms with E-state index in [1.165, 1.54) is 6.07 Å². The molecule has 0 saturated heterocycles. The van der Waals surface area contributed by atoms with Crippen LogP contribution in [-0.4, -0.2) is 13.7 Å². The van der Waals surface area contributed by atoms with Gasteiger partial charge in [0.25, 0.3) is 0 Å². The van der Waals surface area contributed by atoms with Gasteiger partial charge in [0.2, 0.25) is 0 Å². The topological polar surface area (TPSA) is 41.3 Å². The van der Waals surface area contributed by atoms with E-state index in [0.717, 1.165) is 4.47 Å². The summed E-state index contributed by atoms with van der Waals surface area (Å²) in [6, 6.07) is 4.77. The van der Waals surface area contributed by atoms with Gasteiger partial charge >= 0.3 is 0 Å². The minimum Gasteiger partial charge on any atom is -0.358 e. The third-order valence-electron chi connectivity index (χ3n) is 1.65. The first-order valence-corrected chi connectivity index (χ1v) is 4.54. The lowest BCUT2D eigenvalue weighted by Crippen LogP contribution is -2.35. The maximum absolute atomic E-state index is 13.2. The van der Waals surface area contributed by atoms with Crippen molar-refractivity contribution in [1.29, 1.82) is 0 Å². The molecular weight excluding hydrogens is 237 g/mol. The lowest BCUT2D eigenvalue weighted by Gasteiger charge is -2.19. The van der Waals surface area contributed by atoms with E-state index in [9.17, 15) is 4.39 Å². The minimum atomic E-state index is -0.263. The summed E-state index contributed by atoms with van der Waals surface area (Å²) in [5.41, 5.74) is 2.96. The Bertz CT molecular complexity index is 293. The summed E-state index contributed by atoms with van der Waals surface area (Å²) in [7, 11) is 1.75. The Labute approximate surface area is 84.8 Å². The first-order chi connectivity index (χ1) is 6.15. The summed E-state index contributed by atoms with van der Waals surface area (Å²) in [6.07, 6.45) is 0. The molecule has 0 aromatic heterocycles. The molecule has 0 fully saturated rings.